The average Bonchev–Trinajstić information content (AvgIpc) is 2.45. The van der Waals surface area contributed by atoms with E-state index in [0.29, 0.717) is 12.6 Å². The molecule has 3 nitrogen and oxygen atoms in total. The number of ether oxygens (including phenoxy) is 1. The molecule has 1 rings (SSSR count). The van der Waals surface area contributed by atoms with Crippen LogP contribution in [-0.4, -0.2) is 31.1 Å². The van der Waals surface area contributed by atoms with E-state index in [1.165, 1.54) is 12.8 Å². The molecule has 0 aliphatic rings. The predicted octanol–water partition coefficient (Wildman–Crippen LogP) is 3.03. The molecule has 0 aliphatic carbocycles. The van der Waals surface area contributed by atoms with Crippen LogP contribution in [0.25, 0.3) is 0 Å². The molecule has 0 atom stereocenters. The standard InChI is InChI=1S/C16H28N2O/c1-4-15(5-2)18(3)11-6-12-19-16-9-7-14(13-17)8-10-16/h7-10,15H,4-6,11-13,17H2,1-3H3. The minimum Gasteiger partial charge on any atom is -0.494 e. The van der Waals surface area contributed by atoms with Gasteiger partial charge < -0.3 is 15.4 Å². The van der Waals surface area contributed by atoms with Crippen LogP contribution >= 0.6 is 0 Å². The topological polar surface area (TPSA) is 38.5 Å². The van der Waals surface area contributed by atoms with Crippen LogP contribution in [0.5, 0.6) is 5.75 Å². The van der Waals surface area contributed by atoms with Crippen LogP contribution in [0.1, 0.15) is 38.7 Å². The van der Waals surface area contributed by atoms with Crippen molar-refractivity contribution in [2.45, 2.75) is 45.7 Å². The van der Waals surface area contributed by atoms with Crippen LogP contribution in [-0.2, 0) is 6.54 Å². The number of hydrogen-bond acceptors (Lipinski definition) is 3. The molecule has 1 aromatic rings. The van der Waals surface area contributed by atoms with E-state index in [-0.39, 0.29) is 0 Å². The van der Waals surface area contributed by atoms with Crippen LogP contribution in [0.3, 0.4) is 0 Å². The highest BCUT2D eigenvalue weighted by molar-refractivity contribution is 5.26. The van der Waals surface area contributed by atoms with Gasteiger partial charge in [-0.05, 0) is 44.0 Å². The lowest BCUT2D eigenvalue weighted by atomic mass is 10.1. The monoisotopic (exact) mass is 264 g/mol. The first-order valence-corrected chi connectivity index (χ1v) is 7.33. The number of nitrogens with two attached hydrogens (primary N) is 1. The lowest BCUT2D eigenvalue weighted by molar-refractivity contribution is 0.205. The largest absolute Gasteiger partial charge is 0.494 e. The van der Waals surface area contributed by atoms with Crippen molar-refractivity contribution in [1.82, 2.24) is 4.90 Å². The van der Waals surface area contributed by atoms with Gasteiger partial charge in [0.25, 0.3) is 0 Å². The zero-order chi connectivity index (χ0) is 14.1. The van der Waals surface area contributed by atoms with Crippen molar-refractivity contribution in [3.05, 3.63) is 29.8 Å². The summed E-state index contributed by atoms with van der Waals surface area (Å²) in [6.07, 6.45) is 3.49. The Morgan fingerprint density at radius 3 is 2.32 bits per heavy atom. The molecular formula is C16H28N2O. The molecule has 0 radical (unpaired) electrons. The van der Waals surface area contributed by atoms with Gasteiger partial charge in [-0.2, -0.15) is 0 Å². The van der Waals surface area contributed by atoms with Crippen molar-refractivity contribution in [1.29, 1.82) is 0 Å². The summed E-state index contributed by atoms with van der Waals surface area (Å²) in [5, 5.41) is 0. The smallest absolute Gasteiger partial charge is 0.119 e. The van der Waals surface area contributed by atoms with Crippen LogP contribution in [0, 0.1) is 0 Å². The number of nitrogens with zero attached hydrogens (tertiary/aromatic N) is 1. The van der Waals surface area contributed by atoms with Crippen molar-refractivity contribution in [2.75, 3.05) is 20.2 Å². The molecule has 0 aliphatic heterocycles. The first-order chi connectivity index (χ1) is 9.21. The molecule has 0 saturated heterocycles. The summed E-state index contributed by atoms with van der Waals surface area (Å²) in [5.74, 6) is 0.933. The Labute approximate surface area is 117 Å². The fourth-order valence-electron chi connectivity index (χ4n) is 2.32. The Balaban J connectivity index is 2.22. The van der Waals surface area contributed by atoms with Gasteiger partial charge in [0.2, 0.25) is 0 Å². The van der Waals surface area contributed by atoms with Gasteiger partial charge in [-0.25, -0.2) is 0 Å². The second-order valence-corrected chi connectivity index (χ2v) is 5.00. The van der Waals surface area contributed by atoms with E-state index >= 15 is 0 Å². The van der Waals surface area contributed by atoms with Gasteiger partial charge in [-0.3, -0.25) is 0 Å². The molecule has 0 unspecified atom stereocenters. The minimum atomic E-state index is 0.584. The Kier molecular flexibility index (Phi) is 7.53. The van der Waals surface area contributed by atoms with E-state index in [2.05, 4.69) is 25.8 Å². The van der Waals surface area contributed by atoms with Gasteiger partial charge in [0, 0.05) is 19.1 Å². The maximum absolute atomic E-state index is 5.74. The van der Waals surface area contributed by atoms with Crippen molar-refractivity contribution < 1.29 is 4.74 Å². The first kappa shape index (κ1) is 16.0. The first-order valence-electron chi connectivity index (χ1n) is 7.33. The molecule has 0 fully saturated rings. The lowest BCUT2D eigenvalue weighted by Crippen LogP contribution is -2.32. The molecule has 0 spiro atoms. The zero-order valence-electron chi connectivity index (χ0n) is 12.6. The number of benzene rings is 1. The highest BCUT2D eigenvalue weighted by atomic mass is 16.5. The zero-order valence-corrected chi connectivity index (χ0v) is 12.6. The minimum absolute atomic E-state index is 0.584. The molecule has 0 amide bonds. The number of hydrogen-bond donors (Lipinski definition) is 1. The van der Waals surface area contributed by atoms with E-state index in [1.807, 2.05) is 24.3 Å². The maximum Gasteiger partial charge on any atom is 0.119 e. The van der Waals surface area contributed by atoms with E-state index in [0.717, 1.165) is 30.9 Å². The second-order valence-electron chi connectivity index (χ2n) is 5.00. The quantitative estimate of drug-likeness (QED) is 0.697. The maximum atomic E-state index is 5.74. The third-order valence-corrected chi connectivity index (χ3v) is 3.65. The fraction of sp³-hybridized carbons (Fsp3) is 0.625. The van der Waals surface area contributed by atoms with E-state index < -0.39 is 0 Å². The van der Waals surface area contributed by atoms with Crippen LogP contribution in [0.4, 0.5) is 0 Å². The second kappa shape index (κ2) is 8.94. The SMILES string of the molecule is CCC(CC)N(C)CCCOc1ccc(CN)cc1. The molecule has 1 aromatic carbocycles. The van der Waals surface area contributed by atoms with Crippen molar-refractivity contribution >= 4 is 0 Å². The Morgan fingerprint density at radius 2 is 1.79 bits per heavy atom. The van der Waals surface area contributed by atoms with E-state index in [9.17, 15) is 0 Å². The Morgan fingerprint density at radius 1 is 1.16 bits per heavy atom. The molecule has 0 bridgehead atoms. The Hall–Kier alpha value is -1.06. The fourth-order valence-corrected chi connectivity index (χ4v) is 2.32. The normalized spacial score (nSPS) is 11.3. The molecular weight excluding hydrogens is 236 g/mol. The molecule has 19 heavy (non-hydrogen) atoms. The molecule has 0 heterocycles. The third kappa shape index (κ3) is 5.62. The predicted molar refractivity (Wildman–Crippen MR) is 81.4 cm³/mol. The van der Waals surface area contributed by atoms with E-state index in [4.69, 9.17) is 10.5 Å². The van der Waals surface area contributed by atoms with Gasteiger partial charge in [0.05, 0.1) is 6.61 Å². The van der Waals surface area contributed by atoms with Crippen LogP contribution < -0.4 is 10.5 Å². The summed E-state index contributed by atoms with van der Waals surface area (Å²) in [7, 11) is 2.20. The van der Waals surface area contributed by atoms with Gasteiger partial charge in [-0.15, -0.1) is 0 Å². The van der Waals surface area contributed by atoms with Crippen molar-refractivity contribution in [3.8, 4) is 5.75 Å². The summed E-state index contributed by atoms with van der Waals surface area (Å²) in [6, 6.07) is 8.72. The van der Waals surface area contributed by atoms with Gasteiger partial charge in [0.15, 0.2) is 0 Å². The summed E-state index contributed by atoms with van der Waals surface area (Å²) in [6.45, 7) is 6.94. The average molecular weight is 264 g/mol. The molecule has 108 valence electrons. The van der Waals surface area contributed by atoms with Crippen LogP contribution in [0.2, 0.25) is 0 Å². The van der Waals surface area contributed by atoms with Crippen LogP contribution in [0.15, 0.2) is 24.3 Å². The van der Waals surface area contributed by atoms with Gasteiger partial charge >= 0.3 is 0 Å². The molecule has 2 N–H and O–H groups in total. The molecule has 3 heteroatoms. The Bertz CT molecular complexity index is 333. The summed E-state index contributed by atoms with van der Waals surface area (Å²) in [5.41, 5.74) is 6.70. The molecule has 0 saturated carbocycles. The number of rotatable bonds is 9. The third-order valence-electron chi connectivity index (χ3n) is 3.65. The summed E-state index contributed by atoms with van der Waals surface area (Å²) < 4.78 is 5.74. The van der Waals surface area contributed by atoms with Crippen molar-refractivity contribution in [3.63, 3.8) is 0 Å². The lowest BCUT2D eigenvalue weighted by Gasteiger charge is -2.25. The van der Waals surface area contributed by atoms with Crippen molar-refractivity contribution in [2.24, 2.45) is 5.73 Å². The molecule has 0 aromatic heterocycles. The summed E-state index contributed by atoms with van der Waals surface area (Å²) in [4.78, 5) is 2.43. The van der Waals surface area contributed by atoms with Gasteiger partial charge in [-0.1, -0.05) is 26.0 Å². The van der Waals surface area contributed by atoms with E-state index in [1.54, 1.807) is 0 Å². The van der Waals surface area contributed by atoms with Gasteiger partial charge in [0.1, 0.15) is 5.75 Å². The highest BCUT2D eigenvalue weighted by Gasteiger charge is 2.09. The highest BCUT2D eigenvalue weighted by Crippen LogP contribution is 2.12. The summed E-state index contributed by atoms with van der Waals surface area (Å²) >= 11 is 0.